The van der Waals surface area contributed by atoms with Crippen LogP contribution in [0.2, 0.25) is 5.15 Å². The molecule has 0 aromatic carbocycles. The first kappa shape index (κ1) is 12.3. The number of anilines is 2. The lowest BCUT2D eigenvalue weighted by molar-refractivity contribution is 0.122. The van der Waals surface area contributed by atoms with Gasteiger partial charge in [0.2, 0.25) is 5.95 Å². The van der Waals surface area contributed by atoms with Gasteiger partial charge in [-0.15, -0.1) is 0 Å². The molecule has 94 valence electrons. The predicted octanol–water partition coefficient (Wildman–Crippen LogP) is 0.371. The van der Waals surface area contributed by atoms with E-state index in [4.69, 9.17) is 21.4 Å². The van der Waals surface area contributed by atoms with Crippen LogP contribution in [0.1, 0.15) is 0 Å². The highest BCUT2D eigenvalue weighted by Crippen LogP contribution is 2.19. The van der Waals surface area contributed by atoms with Crippen molar-refractivity contribution in [2.45, 2.75) is 0 Å². The Morgan fingerprint density at radius 1 is 1.41 bits per heavy atom. The summed E-state index contributed by atoms with van der Waals surface area (Å²) in [7, 11) is 0. The van der Waals surface area contributed by atoms with Gasteiger partial charge < -0.3 is 20.1 Å². The molecule has 0 aliphatic carbocycles. The fourth-order valence-electron chi connectivity index (χ4n) is 1.61. The minimum absolute atomic E-state index is 0.0305. The van der Waals surface area contributed by atoms with E-state index in [1.807, 2.05) is 0 Å². The number of morpholine rings is 1. The van der Waals surface area contributed by atoms with Crippen molar-refractivity contribution in [1.29, 1.82) is 0 Å². The Kier molecular flexibility index (Phi) is 4.36. The highest BCUT2D eigenvalue weighted by atomic mass is 35.5. The number of ether oxygens (including phenoxy) is 1. The maximum atomic E-state index is 8.74. The Hall–Kier alpha value is -1.11. The standard InChI is InChI=1S/C10H15ClN4O2/c11-8-7-9(15-2-5-17-6-3-15)14-10(13-8)12-1-4-16/h7,16H,1-6H2,(H,12,13,14). The van der Waals surface area contributed by atoms with Gasteiger partial charge in [-0.05, 0) is 0 Å². The molecule has 6 nitrogen and oxygen atoms in total. The summed E-state index contributed by atoms with van der Waals surface area (Å²) in [6.07, 6.45) is 0. The largest absolute Gasteiger partial charge is 0.395 e. The van der Waals surface area contributed by atoms with Crippen molar-refractivity contribution in [3.63, 3.8) is 0 Å². The number of aliphatic hydroxyl groups excluding tert-OH is 1. The van der Waals surface area contributed by atoms with E-state index >= 15 is 0 Å². The summed E-state index contributed by atoms with van der Waals surface area (Å²) in [4.78, 5) is 10.5. The molecule has 17 heavy (non-hydrogen) atoms. The van der Waals surface area contributed by atoms with E-state index in [2.05, 4.69) is 20.2 Å². The molecule has 0 radical (unpaired) electrons. The number of halogens is 1. The Bertz CT molecular complexity index is 371. The fraction of sp³-hybridized carbons (Fsp3) is 0.600. The van der Waals surface area contributed by atoms with Crippen LogP contribution in [0.25, 0.3) is 0 Å². The molecule has 1 aliphatic heterocycles. The van der Waals surface area contributed by atoms with Crippen LogP contribution in [0, 0.1) is 0 Å². The Morgan fingerprint density at radius 2 is 2.18 bits per heavy atom. The maximum Gasteiger partial charge on any atom is 0.226 e. The van der Waals surface area contributed by atoms with E-state index in [1.165, 1.54) is 0 Å². The SMILES string of the molecule is OCCNc1nc(Cl)cc(N2CCOCC2)n1. The molecule has 0 amide bonds. The van der Waals surface area contributed by atoms with Crippen molar-refractivity contribution in [1.82, 2.24) is 9.97 Å². The van der Waals surface area contributed by atoms with Crippen molar-refractivity contribution in [3.05, 3.63) is 11.2 Å². The predicted molar refractivity (Wildman–Crippen MR) is 65.6 cm³/mol. The molecule has 0 saturated carbocycles. The number of hydrogen-bond acceptors (Lipinski definition) is 6. The van der Waals surface area contributed by atoms with Gasteiger partial charge in [-0.2, -0.15) is 4.98 Å². The summed E-state index contributed by atoms with van der Waals surface area (Å²) in [5.74, 6) is 1.22. The fourth-order valence-corrected chi connectivity index (χ4v) is 1.78. The van der Waals surface area contributed by atoms with Crippen LogP contribution in [0.5, 0.6) is 0 Å². The quantitative estimate of drug-likeness (QED) is 0.761. The third-order valence-electron chi connectivity index (χ3n) is 2.41. The zero-order valence-corrected chi connectivity index (χ0v) is 10.2. The molecule has 0 unspecified atom stereocenters. The number of aliphatic hydroxyl groups is 1. The molecule has 0 atom stereocenters. The highest BCUT2D eigenvalue weighted by molar-refractivity contribution is 6.29. The van der Waals surface area contributed by atoms with E-state index in [0.29, 0.717) is 30.9 Å². The van der Waals surface area contributed by atoms with Gasteiger partial charge in [-0.1, -0.05) is 11.6 Å². The molecule has 2 heterocycles. The van der Waals surface area contributed by atoms with Crippen molar-refractivity contribution in [2.75, 3.05) is 49.7 Å². The summed E-state index contributed by atoms with van der Waals surface area (Å²) >= 11 is 5.94. The van der Waals surface area contributed by atoms with Gasteiger partial charge in [0.1, 0.15) is 11.0 Å². The Morgan fingerprint density at radius 3 is 2.88 bits per heavy atom. The first-order valence-electron chi connectivity index (χ1n) is 5.51. The van der Waals surface area contributed by atoms with Gasteiger partial charge in [-0.3, -0.25) is 0 Å². The smallest absolute Gasteiger partial charge is 0.226 e. The molecule has 0 spiro atoms. The molecule has 0 bridgehead atoms. The number of hydrogen-bond donors (Lipinski definition) is 2. The van der Waals surface area contributed by atoms with Crippen LogP contribution in [0.3, 0.4) is 0 Å². The number of nitrogens with zero attached hydrogens (tertiary/aromatic N) is 3. The molecular weight excluding hydrogens is 244 g/mol. The molecule has 1 aromatic rings. The van der Waals surface area contributed by atoms with Crippen molar-refractivity contribution < 1.29 is 9.84 Å². The molecule has 1 aromatic heterocycles. The topological polar surface area (TPSA) is 70.5 Å². The van der Waals surface area contributed by atoms with E-state index in [1.54, 1.807) is 6.07 Å². The van der Waals surface area contributed by atoms with Crippen LogP contribution in [0.4, 0.5) is 11.8 Å². The molecule has 1 fully saturated rings. The second kappa shape index (κ2) is 6.00. The van der Waals surface area contributed by atoms with Crippen LogP contribution < -0.4 is 10.2 Å². The van der Waals surface area contributed by atoms with E-state index < -0.39 is 0 Å². The van der Waals surface area contributed by atoms with Gasteiger partial charge in [-0.25, -0.2) is 4.98 Å². The van der Waals surface area contributed by atoms with Crippen LogP contribution >= 0.6 is 11.6 Å². The van der Waals surface area contributed by atoms with Crippen LogP contribution in [0.15, 0.2) is 6.07 Å². The molecular formula is C10H15ClN4O2. The zero-order valence-electron chi connectivity index (χ0n) is 9.40. The maximum absolute atomic E-state index is 8.74. The summed E-state index contributed by atoms with van der Waals surface area (Å²) in [6.45, 7) is 3.42. The van der Waals surface area contributed by atoms with Gasteiger partial charge in [0.15, 0.2) is 0 Å². The molecule has 2 rings (SSSR count). The monoisotopic (exact) mass is 258 g/mol. The average molecular weight is 259 g/mol. The normalized spacial score (nSPS) is 16.0. The van der Waals surface area contributed by atoms with E-state index in [0.717, 1.165) is 18.9 Å². The third-order valence-corrected chi connectivity index (χ3v) is 2.60. The molecule has 7 heteroatoms. The minimum Gasteiger partial charge on any atom is -0.395 e. The minimum atomic E-state index is 0.0305. The van der Waals surface area contributed by atoms with E-state index in [-0.39, 0.29) is 6.61 Å². The average Bonchev–Trinajstić information content (AvgIpc) is 2.37. The number of nitrogens with one attached hydrogen (secondary N) is 1. The lowest BCUT2D eigenvalue weighted by Crippen LogP contribution is -2.36. The Labute approximate surface area is 105 Å². The number of rotatable bonds is 4. The van der Waals surface area contributed by atoms with Gasteiger partial charge >= 0.3 is 0 Å². The molecule has 1 saturated heterocycles. The second-order valence-corrected chi connectivity index (χ2v) is 4.01. The summed E-state index contributed by atoms with van der Waals surface area (Å²) in [6, 6.07) is 1.73. The molecule has 2 N–H and O–H groups in total. The lowest BCUT2D eigenvalue weighted by atomic mass is 10.4. The first-order valence-corrected chi connectivity index (χ1v) is 5.89. The van der Waals surface area contributed by atoms with Crippen molar-refractivity contribution >= 4 is 23.4 Å². The molecule has 1 aliphatic rings. The van der Waals surface area contributed by atoms with Gasteiger partial charge in [0.05, 0.1) is 19.8 Å². The van der Waals surface area contributed by atoms with Crippen LogP contribution in [-0.4, -0.2) is 54.5 Å². The first-order chi connectivity index (χ1) is 8.29. The lowest BCUT2D eigenvalue weighted by Gasteiger charge is -2.28. The summed E-state index contributed by atoms with van der Waals surface area (Å²) < 4.78 is 5.28. The van der Waals surface area contributed by atoms with Gasteiger partial charge in [0.25, 0.3) is 0 Å². The van der Waals surface area contributed by atoms with Crippen molar-refractivity contribution in [3.8, 4) is 0 Å². The summed E-state index contributed by atoms with van der Waals surface area (Å²) in [5.41, 5.74) is 0. The highest BCUT2D eigenvalue weighted by Gasteiger charge is 2.14. The second-order valence-electron chi connectivity index (χ2n) is 3.62. The van der Waals surface area contributed by atoms with Crippen molar-refractivity contribution in [2.24, 2.45) is 0 Å². The Balaban J connectivity index is 2.12. The summed E-state index contributed by atoms with van der Waals surface area (Å²) in [5, 5.41) is 12.0. The van der Waals surface area contributed by atoms with E-state index in [9.17, 15) is 0 Å². The number of aromatic nitrogens is 2. The van der Waals surface area contributed by atoms with Gasteiger partial charge in [0, 0.05) is 25.7 Å². The zero-order chi connectivity index (χ0) is 12.1. The third kappa shape index (κ3) is 3.42. The van der Waals surface area contributed by atoms with Crippen LogP contribution in [-0.2, 0) is 4.74 Å².